The fraction of sp³-hybridized carbons (Fsp3) is 0.662. The molecule has 0 radical (unpaired) electrons. The Hall–Kier alpha value is -4.45. The third kappa shape index (κ3) is 64.4. The van der Waals surface area contributed by atoms with Crippen LogP contribution in [0.4, 0.5) is 0 Å². The van der Waals surface area contributed by atoms with Gasteiger partial charge in [0.25, 0.3) is 0 Å². The summed E-state index contributed by atoms with van der Waals surface area (Å²) < 4.78 is 16.8. The van der Waals surface area contributed by atoms with Crippen molar-refractivity contribution in [3.8, 4) is 0 Å². The lowest BCUT2D eigenvalue weighted by molar-refractivity contribution is -0.167. The maximum Gasteiger partial charge on any atom is 0.306 e. The summed E-state index contributed by atoms with van der Waals surface area (Å²) in [6.45, 7) is 6.36. The van der Waals surface area contributed by atoms with Crippen LogP contribution in [0.15, 0.2) is 134 Å². The van der Waals surface area contributed by atoms with Gasteiger partial charge in [0, 0.05) is 19.3 Å². The van der Waals surface area contributed by atoms with E-state index in [0.717, 1.165) is 135 Å². The average Bonchev–Trinajstić information content (AvgIpc) is 3.46. The first kappa shape index (κ1) is 75.5. The molecule has 0 bridgehead atoms. The molecule has 0 aliphatic heterocycles. The molecule has 0 rings (SSSR count). The number of unbranched alkanes of at least 4 members (excludes halogenated alkanes) is 26. The highest BCUT2D eigenvalue weighted by atomic mass is 16.6. The van der Waals surface area contributed by atoms with Crippen molar-refractivity contribution in [3.05, 3.63) is 134 Å². The topological polar surface area (TPSA) is 78.9 Å². The highest BCUT2D eigenvalue weighted by Crippen LogP contribution is 2.16. The Morgan fingerprint density at radius 1 is 0.263 bits per heavy atom. The van der Waals surface area contributed by atoms with Gasteiger partial charge in [0.05, 0.1) is 0 Å². The van der Waals surface area contributed by atoms with Crippen LogP contribution in [-0.2, 0) is 28.6 Å². The molecule has 0 aromatic rings. The molecule has 0 aromatic carbocycles. The number of ether oxygens (including phenoxy) is 3. The molecule has 0 fully saturated rings. The molecule has 0 heterocycles. The molecule has 0 aliphatic carbocycles. The van der Waals surface area contributed by atoms with Crippen LogP contribution in [0.3, 0.4) is 0 Å². The summed E-state index contributed by atoms with van der Waals surface area (Å²) in [6.07, 6.45) is 95.0. The lowest BCUT2D eigenvalue weighted by atomic mass is 10.0. The summed E-state index contributed by atoms with van der Waals surface area (Å²) in [5, 5.41) is 0. The first-order valence-corrected chi connectivity index (χ1v) is 33.2. The Morgan fingerprint density at radius 2 is 0.487 bits per heavy atom. The zero-order valence-electron chi connectivity index (χ0n) is 52.0. The summed E-state index contributed by atoms with van der Waals surface area (Å²) in [6, 6.07) is 0. The second kappa shape index (κ2) is 67.1. The largest absolute Gasteiger partial charge is 0.462 e. The molecule has 1 atom stereocenters. The quantitative estimate of drug-likeness (QED) is 0.0261. The van der Waals surface area contributed by atoms with Crippen molar-refractivity contribution in [2.24, 2.45) is 0 Å². The molecule has 454 valence electrons. The van der Waals surface area contributed by atoms with Crippen molar-refractivity contribution in [1.82, 2.24) is 0 Å². The minimum atomic E-state index is -0.784. The third-order valence-electron chi connectivity index (χ3n) is 13.9. The van der Waals surface area contributed by atoms with E-state index in [4.69, 9.17) is 14.2 Å². The van der Waals surface area contributed by atoms with Crippen LogP contribution in [0.2, 0.25) is 0 Å². The molecule has 1 unspecified atom stereocenters. The number of rotatable bonds is 59. The van der Waals surface area contributed by atoms with Crippen molar-refractivity contribution in [2.75, 3.05) is 13.2 Å². The Kier molecular flexibility index (Phi) is 63.3. The minimum absolute atomic E-state index is 0.0831. The number of hydrogen-bond acceptors (Lipinski definition) is 6. The molecule has 80 heavy (non-hydrogen) atoms. The van der Waals surface area contributed by atoms with E-state index in [9.17, 15) is 14.4 Å². The fourth-order valence-electron chi connectivity index (χ4n) is 9.00. The number of esters is 3. The molecule has 0 amide bonds. The molecule has 0 spiro atoms. The van der Waals surface area contributed by atoms with Gasteiger partial charge in [-0.15, -0.1) is 0 Å². The van der Waals surface area contributed by atoms with E-state index in [1.54, 1.807) is 0 Å². The highest BCUT2D eigenvalue weighted by Gasteiger charge is 2.19. The van der Waals surface area contributed by atoms with Crippen LogP contribution in [0.5, 0.6) is 0 Å². The predicted molar refractivity (Wildman–Crippen MR) is 348 cm³/mol. The van der Waals surface area contributed by atoms with Crippen LogP contribution in [-0.4, -0.2) is 37.2 Å². The minimum Gasteiger partial charge on any atom is -0.462 e. The first-order valence-electron chi connectivity index (χ1n) is 33.2. The van der Waals surface area contributed by atoms with Gasteiger partial charge >= 0.3 is 17.9 Å². The van der Waals surface area contributed by atoms with E-state index < -0.39 is 6.10 Å². The standard InChI is InChI=1S/C74H122O6/c1-4-7-10-13-16-18-20-22-24-26-28-30-32-34-36-37-39-40-42-44-46-48-50-52-54-56-58-61-64-67-73(76)79-70-71(69-78-72(75)66-63-60-15-12-9-6-3)80-74(77)68-65-62-59-57-55-53-51-49-47-45-43-41-38-35-33-31-29-27-25-23-21-19-17-14-11-8-5-2/h7-8,10-11,16-19,22-25,28-31,34-36,38,43,45,71H,4-6,9,12-15,20-21,26-27,32-33,37,39-42,44,46-70H2,1-3H3/b10-7-,11-8-,18-16-,19-17-,24-22-,25-23-,30-28-,31-29-,36-34-,38-35-,45-43-. The number of carbonyl (C=O) groups excluding carboxylic acids is 3. The van der Waals surface area contributed by atoms with Gasteiger partial charge in [-0.05, 0) is 116 Å². The van der Waals surface area contributed by atoms with Crippen molar-refractivity contribution < 1.29 is 28.6 Å². The number of allylic oxidation sites excluding steroid dienone is 22. The van der Waals surface area contributed by atoms with Gasteiger partial charge in [-0.1, -0.05) is 296 Å². The van der Waals surface area contributed by atoms with Gasteiger partial charge in [-0.2, -0.15) is 0 Å². The van der Waals surface area contributed by atoms with Gasteiger partial charge in [0.15, 0.2) is 6.10 Å². The van der Waals surface area contributed by atoms with Crippen LogP contribution in [0.25, 0.3) is 0 Å². The molecule has 6 heteroatoms. The van der Waals surface area contributed by atoms with Crippen LogP contribution >= 0.6 is 0 Å². The highest BCUT2D eigenvalue weighted by molar-refractivity contribution is 5.71. The number of carbonyl (C=O) groups is 3. The van der Waals surface area contributed by atoms with E-state index in [2.05, 4.69) is 154 Å². The molecule has 0 saturated carbocycles. The SMILES string of the molecule is CC/C=C\C/C=C\C/C=C\C/C=C\C/C=C\C/C=C\CCCCCCCCCCC(=O)OC(COC(=O)CCCCCCCC)COC(=O)CCCCCCCCCCCCCCC/C=C\C/C=C\C/C=C\C/C=C\C/C=C\CC. The Morgan fingerprint density at radius 3 is 0.762 bits per heavy atom. The molecule has 6 nitrogen and oxygen atoms in total. The second-order valence-electron chi connectivity index (χ2n) is 21.6. The van der Waals surface area contributed by atoms with Crippen molar-refractivity contribution in [1.29, 1.82) is 0 Å². The van der Waals surface area contributed by atoms with Gasteiger partial charge in [0.2, 0.25) is 0 Å². The van der Waals surface area contributed by atoms with Crippen molar-refractivity contribution in [3.63, 3.8) is 0 Å². The fourth-order valence-corrected chi connectivity index (χ4v) is 9.00. The Balaban J connectivity index is 4.11. The van der Waals surface area contributed by atoms with E-state index in [1.165, 1.54) is 122 Å². The molecule has 0 saturated heterocycles. The summed E-state index contributed by atoms with van der Waals surface area (Å²) >= 11 is 0. The van der Waals surface area contributed by atoms with Gasteiger partial charge < -0.3 is 14.2 Å². The zero-order chi connectivity index (χ0) is 57.8. The Labute approximate surface area is 494 Å². The summed E-state index contributed by atoms with van der Waals surface area (Å²) in [5.74, 6) is -0.899. The van der Waals surface area contributed by atoms with Gasteiger partial charge in [-0.25, -0.2) is 0 Å². The molecular weight excluding hydrogens is 985 g/mol. The monoisotopic (exact) mass is 1110 g/mol. The van der Waals surface area contributed by atoms with Crippen molar-refractivity contribution >= 4 is 17.9 Å². The van der Waals surface area contributed by atoms with E-state index >= 15 is 0 Å². The predicted octanol–water partition coefficient (Wildman–Crippen LogP) is 22.9. The smallest absolute Gasteiger partial charge is 0.306 e. The summed E-state index contributed by atoms with van der Waals surface area (Å²) in [7, 11) is 0. The maximum absolute atomic E-state index is 12.9. The van der Waals surface area contributed by atoms with Gasteiger partial charge in [-0.3, -0.25) is 14.4 Å². The molecule has 0 aliphatic rings. The molecular formula is C74H122O6. The Bertz CT molecular complexity index is 1700. The van der Waals surface area contributed by atoms with Crippen LogP contribution < -0.4 is 0 Å². The summed E-state index contributed by atoms with van der Waals surface area (Å²) in [4.78, 5) is 38.1. The van der Waals surface area contributed by atoms with E-state index in [0.29, 0.717) is 19.3 Å². The van der Waals surface area contributed by atoms with Gasteiger partial charge in [0.1, 0.15) is 13.2 Å². The van der Waals surface area contributed by atoms with Crippen LogP contribution in [0.1, 0.15) is 297 Å². The molecule has 0 N–H and O–H groups in total. The zero-order valence-corrected chi connectivity index (χ0v) is 52.0. The van der Waals surface area contributed by atoms with E-state index in [-0.39, 0.29) is 31.1 Å². The van der Waals surface area contributed by atoms with Crippen LogP contribution in [0, 0.1) is 0 Å². The average molecular weight is 1110 g/mol. The second-order valence-corrected chi connectivity index (χ2v) is 21.6. The van der Waals surface area contributed by atoms with E-state index in [1.807, 2.05) is 0 Å². The summed E-state index contributed by atoms with van der Waals surface area (Å²) in [5.41, 5.74) is 0. The maximum atomic E-state index is 12.9. The van der Waals surface area contributed by atoms with Crippen molar-refractivity contribution in [2.45, 2.75) is 303 Å². The molecule has 0 aromatic heterocycles. The normalized spacial score (nSPS) is 13.0. The number of hydrogen-bond donors (Lipinski definition) is 0. The lowest BCUT2D eigenvalue weighted by Crippen LogP contribution is -2.30. The third-order valence-corrected chi connectivity index (χ3v) is 13.9. The lowest BCUT2D eigenvalue weighted by Gasteiger charge is -2.18. The first-order chi connectivity index (χ1) is 39.5.